The third-order valence-electron chi connectivity index (χ3n) is 4.59. The Morgan fingerprint density at radius 1 is 1.42 bits per heavy atom. The number of nitrogens with zero attached hydrogens (tertiary/aromatic N) is 1. The lowest BCUT2D eigenvalue weighted by atomic mass is 10.1. The van der Waals surface area contributed by atoms with Gasteiger partial charge < -0.3 is 10.3 Å². The quantitative estimate of drug-likeness (QED) is 0.418. The second-order valence-electron chi connectivity index (χ2n) is 6.62. The molecule has 2 N–H and O–H groups in total. The van der Waals surface area contributed by atoms with Crippen molar-refractivity contribution in [3.8, 4) is 0 Å². The number of amides is 1. The third kappa shape index (κ3) is 5.86. The van der Waals surface area contributed by atoms with Crippen molar-refractivity contribution in [3.63, 3.8) is 0 Å². The van der Waals surface area contributed by atoms with E-state index in [1.807, 2.05) is 45.9 Å². The molecule has 2 unspecified atom stereocenters. The Labute approximate surface area is 167 Å². The Kier molecular flexibility index (Phi) is 8.08. The van der Waals surface area contributed by atoms with Gasteiger partial charge in [0.1, 0.15) is 5.82 Å². The monoisotopic (exact) mass is 409 g/mol. The standard InChI is InChI=1S/C19H27N3OS3/c1-24-12-11-17(19-21-15-7-3-4-8-16(15)22-19)20-18(23)9-5-2-6-14-10-13-25-26-14/h3-4,7-8,14,17H,2,5-6,9-13H2,1H3,(H,20,23)(H,21,22). The Bertz CT molecular complexity index is 667. The normalized spacial score (nSPS) is 18.3. The van der Waals surface area contributed by atoms with E-state index in [0.717, 1.165) is 47.1 Å². The summed E-state index contributed by atoms with van der Waals surface area (Å²) in [6, 6.07) is 7.98. The number of H-pyrrole nitrogens is 1. The van der Waals surface area contributed by atoms with Gasteiger partial charge in [-0.05, 0) is 49.8 Å². The molecule has 1 aromatic heterocycles. The summed E-state index contributed by atoms with van der Waals surface area (Å²) in [5.74, 6) is 3.29. The molecule has 4 nitrogen and oxygen atoms in total. The van der Waals surface area contributed by atoms with Crippen molar-refractivity contribution in [2.45, 2.75) is 49.8 Å². The molecule has 142 valence electrons. The summed E-state index contributed by atoms with van der Waals surface area (Å²) in [4.78, 5) is 20.5. The zero-order valence-corrected chi connectivity index (χ0v) is 17.7. The number of imidazole rings is 1. The summed E-state index contributed by atoms with van der Waals surface area (Å²) in [5.41, 5.74) is 1.98. The highest BCUT2D eigenvalue weighted by Crippen LogP contribution is 2.39. The number of nitrogens with one attached hydrogen (secondary N) is 2. The Balaban J connectivity index is 1.50. The number of unbranched alkanes of at least 4 members (excludes halogenated alkanes) is 1. The Hall–Kier alpha value is -0.790. The molecule has 0 radical (unpaired) electrons. The van der Waals surface area contributed by atoms with Crippen molar-refractivity contribution in [2.75, 3.05) is 17.8 Å². The van der Waals surface area contributed by atoms with Crippen LogP contribution >= 0.6 is 33.3 Å². The number of aromatic amines is 1. The summed E-state index contributed by atoms with van der Waals surface area (Å²) in [5, 5.41) is 4.00. The fourth-order valence-electron chi connectivity index (χ4n) is 3.14. The Morgan fingerprint density at radius 2 is 2.31 bits per heavy atom. The fraction of sp³-hybridized carbons (Fsp3) is 0.579. The lowest BCUT2D eigenvalue weighted by molar-refractivity contribution is -0.122. The minimum atomic E-state index is -0.0378. The molecule has 0 saturated carbocycles. The van der Waals surface area contributed by atoms with Gasteiger partial charge in [-0.3, -0.25) is 4.79 Å². The van der Waals surface area contributed by atoms with Crippen LogP contribution in [0, 0.1) is 0 Å². The summed E-state index contributed by atoms with van der Waals surface area (Å²) in [6.07, 6.45) is 8.28. The first-order valence-electron chi connectivity index (χ1n) is 9.27. The predicted molar refractivity (Wildman–Crippen MR) is 117 cm³/mol. The van der Waals surface area contributed by atoms with E-state index in [4.69, 9.17) is 0 Å². The molecule has 2 heterocycles. The molecule has 2 aromatic rings. The van der Waals surface area contributed by atoms with Crippen molar-refractivity contribution >= 4 is 50.3 Å². The van der Waals surface area contributed by atoms with Crippen LogP contribution in [0.1, 0.15) is 50.4 Å². The van der Waals surface area contributed by atoms with E-state index in [1.165, 1.54) is 18.6 Å². The van der Waals surface area contributed by atoms with Gasteiger partial charge in [0.25, 0.3) is 0 Å². The molecule has 2 atom stereocenters. The smallest absolute Gasteiger partial charge is 0.220 e. The van der Waals surface area contributed by atoms with Gasteiger partial charge in [0.05, 0.1) is 17.1 Å². The van der Waals surface area contributed by atoms with Crippen molar-refractivity contribution in [2.24, 2.45) is 0 Å². The van der Waals surface area contributed by atoms with E-state index in [-0.39, 0.29) is 11.9 Å². The van der Waals surface area contributed by atoms with Gasteiger partial charge in [-0.1, -0.05) is 40.1 Å². The van der Waals surface area contributed by atoms with Crippen LogP contribution in [-0.4, -0.2) is 38.9 Å². The van der Waals surface area contributed by atoms with Crippen LogP contribution in [0.2, 0.25) is 0 Å². The Morgan fingerprint density at radius 3 is 3.08 bits per heavy atom. The number of aromatic nitrogens is 2. The van der Waals surface area contributed by atoms with Crippen LogP contribution in [0.25, 0.3) is 11.0 Å². The molecular formula is C19H27N3OS3. The van der Waals surface area contributed by atoms with E-state index in [1.54, 1.807) is 11.8 Å². The maximum atomic E-state index is 12.4. The molecule has 26 heavy (non-hydrogen) atoms. The summed E-state index contributed by atoms with van der Waals surface area (Å²) in [6.45, 7) is 0. The topological polar surface area (TPSA) is 57.8 Å². The molecule has 0 bridgehead atoms. The number of fused-ring (bicyclic) bond motifs is 1. The first-order valence-corrected chi connectivity index (χ1v) is 13.0. The van der Waals surface area contributed by atoms with Crippen LogP contribution in [0.3, 0.4) is 0 Å². The second kappa shape index (κ2) is 10.5. The van der Waals surface area contributed by atoms with Gasteiger partial charge in [0.2, 0.25) is 5.91 Å². The van der Waals surface area contributed by atoms with Gasteiger partial charge in [0.15, 0.2) is 0 Å². The number of hydrogen-bond donors (Lipinski definition) is 2. The predicted octanol–water partition coefficient (Wildman–Crippen LogP) is 5.19. The molecule has 1 saturated heterocycles. The molecule has 1 aromatic carbocycles. The van der Waals surface area contributed by atoms with Gasteiger partial charge >= 0.3 is 0 Å². The van der Waals surface area contributed by atoms with Crippen LogP contribution in [-0.2, 0) is 4.79 Å². The largest absolute Gasteiger partial charge is 0.346 e. The van der Waals surface area contributed by atoms with Gasteiger partial charge in [-0.15, -0.1) is 0 Å². The van der Waals surface area contributed by atoms with Crippen molar-refractivity contribution < 1.29 is 4.79 Å². The highest BCUT2D eigenvalue weighted by atomic mass is 33.1. The summed E-state index contributed by atoms with van der Waals surface area (Å²) in [7, 11) is 4.01. The van der Waals surface area contributed by atoms with Crippen molar-refractivity contribution in [1.82, 2.24) is 15.3 Å². The molecule has 1 amide bonds. The van der Waals surface area contributed by atoms with E-state index in [0.29, 0.717) is 6.42 Å². The first kappa shape index (κ1) is 20.0. The highest BCUT2D eigenvalue weighted by molar-refractivity contribution is 8.77. The van der Waals surface area contributed by atoms with E-state index in [2.05, 4.69) is 21.5 Å². The molecule has 7 heteroatoms. The van der Waals surface area contributed by atoms with Crippen LogP contribution in [0.15, 0.2) is 24.3 Å². The zero-order chi connectivity index (χ0) is 18.2. The van der Waals surface area contributed by atoms with Crippen molar-refractivity contribution in [1.29, 1.82) is 0 Å². The summed E-state index contributed by atoms with van der Waals surface area (Å²) < 4.78 is 0. The van der Waals surface area contributed by atoms with Crippen LogP contribution < -0.4 is 5.32 Å². The van der Waals surface area contributed by atoms with Gasteiger partial charge in [-0.2, -0.15) is 11.8 Å². The number of para-hydroxylation sites is 2. The molecule has 0 spiro atoms. The molecule has 1 aliphatic rings. The lowest BCUT2D eigenvalue weighted by Crippen LogP contribution is -2.29. The number of rotatable bonds is 10. The SMILES string of the molecule is CSCCC(NC(=O)CCCCC1CCSS1)c1nc2ccccc2[nH]1. The third-order valence-corrected chi connectivity index (χ3v) is 8.24. The minimum Gasteiger partial charge on any atom is -0.346 e. The number of carbonyl (C=O) groups is 1. The molecule has 1 fully saturated rings. The number of benzene rings is 1. The van der Waals surface area contributed by atoms with Gasteiger partial charge in [0, 0.05) is 17.4 Å². The number of thioether (sulfide) groups is 1. The highest BCUT2D eigenvalue weighted by Gasteiger charge is 2.19. The van der Waals surface area contributed by atoms with E-state index in [9.17, 15) is 4.79 Å². The average molecular weight is 410 g/mol. The van der Waals surface area contributed by atoms with E-state index < -0.39 is 0 Å². The fourth-order valence-corrected chi connectivity index (χ4v) is 6.64. The molecule has 3 rings (SSSR count). The second-order valence-corrected chi connectivity index (χ2v) is 10.4. The minimum absolute atomic E-state index is 0.0378. The maximum absolute atomic E-state index is 12.4. The first-order chi connectivity index (χ1) is 12.8. The molecule has 0 aliphatic carbocycles. The van der Waals surface area contributed by atoms with Crippen LogP contribution in [0.5, 0.6) is 0 Å². The van der Waals surface area contributed by atoms with Gasteiger partial charge in [-0.25, -0.2) is 4.98 Å². The number of carbonyl (C=O) groups excluding carboxylic acids is 1. The lowest BCUT2D eigenvalue weighted by Gasteiger charge is -2.16. The van der Waals surface area contributed by atoms with Crippen LogP contribution in [0.4, 0.5) is 0 Å². The van der Waals surface area contributed by atoms with Crippen molar-refractivity contribution in [3.05, 3.63) is 30.1 Å². The summed E-state index contributed by atoms with van der Waals surface area (Å²) >= 11 is 1.80. The molecule has 1 aliphatic heterocycles. The average Bonchev–Trinajstić information content (AvgIpc) is 3.31. The van der Waals surface area contributed by atoms with E-state index >= 15 is 0 Å². The number of hydrogen-bond acceptors (Lipinski definition) is 5. The maximum Gasteiger partial charge on any atom is 0.220 e. The molecular weight excluding hydrogens is 382 g/mol. The zero-order valence-electron chi connectivity index (χ0n) is 15.2.